The Labute approximate surface area is 130 Å². The second-order valence-corrected chi connectivity index (χ2v) is 7.83. The summed E-state index contributed by atoms with van der Waals surface area (Å²) in [6.45, 7) is 1.50. The molecule has 1 amide bonds. The molecule has 2 aliphatic rings. The van der Waals surface area contributed by atoms with Gasteiger partial charge in [-0.25, -0.2) is 4.79 Å². The first-order chi connectivity index (χ1) is 10.4. The molecule has 0 N–H and O–H groups in total. The van der Waals surface area contributed by atoms with Crippen LogP contribution in [0.4, 0.5) is 4.79 Å². The van der Waals surface area contributed by atoms with Gasteiger partial charge in [0.15, 0.2) is 0 Å². The summed E-state index contributed by atoms with van der Waals surface area (Å²) >= 11 is 0. The molecule has 1 aliphatic heterocycles. The van der Waals surface area contributed by atoms with E-state index in [1.807, 2.05) is 30.3 Å². The lowest BCUT2D eigenvalue weighted by atomic mass is 9.62. The van der Waals surface area contributed by atoms with Gasteiger partial charge in [0, 0.05) is 18.5 Å². The number of hydrogen-bond donors (Lipinski definition) is 0. The number of rotatable bonds is 4. The van der Waals surface area contributed by atoms with Crippen molar-refractivity contribution in [2.75, 3.05) is 19.3 Å². The van der Waals surface area contributed by atoms with E-state index in [2.05, 4.69) is 0 Å². The Kier molecular flexibility index (Phi) is 3.86. The van der Waals surface area contributed by atoms with Crippen LogP contribution in [0.15, 0.2) is 30.3 Å². The highest BCUT2D eigenvalue weighted by Crippen LogP contribution is 2.50. The molecule has 0 bridgehead atoms. The molecule has 1 aliphatic carbocycles. The fraction of sp³-hybridized carbons (Fsp3) is 0.533. The van der Waals surface area contributed by atoms with Gasteiger partial charge in [0.25, 0.3) is 10.1 Å². The van der Waals surface area contributed by atoms with Crippen molar-refractivity contribution in [3.05, 3.63) is 35.9 Å². The molecule has 6 nitrogen and oxygen atoms in total. The number of likely N-dealkylation sites (tertiary alicyclic amines) is 1. The quantitative estimate of drug-likeness (QED) is 0.789. The summed E-state index contributed by atoms with van der Waals surface area (Å²) in [6, 6.07) is 9.53. The molecule has 1 aromatic carbocycles. The largest absolute Gasteiger partial charge is 0.445 e. The van der Waals surface area contributed by atoms with Crippen LogP contribution in [0.2, 0.25) is 0 Å². The highest BCUT2D eigenvalue weighted by molar-refractivity contribution is 7.86. The second-order valence-electron chi connectivity index (χ2n) is 6.23. The maximum atomic E-state index is 11.9. The standard InChI is InChI=1S/C15H19NO5S/c1-22(18,19)21-13-7-15(8-13)10-16(11-15)14(17)20-9-12-5-3-2-4-6-12/h2-6,13H,7-11H2,1H3. The average molecular weight is 325 g/mol. The fourth-order valence-corrected chi connectivity index (χ4v) is 3.81. The van der Waals surface area contributed by atoms with Gasteiger partial charge < -0.3 is 9.64 Å². The molecule has 1 heterocycles. The van der Waals surface area contributed by atoms with Gasteiger partial charge in [-0.3, -0.25) is 4.18 Å². The van der Waals surface area contributed by atoms with Crippen molar-refractivity contribution >= 4 is 16.2 Å². The van der Waals surface area contributed by atoms with E-state index in [1.54, 1.807) is 4.90 Å². The van der Waals surface area contributed by atoms with Crippen molar-refractivity contribution in [3.63, 3.8) is 0 Å². The smallest absolute Gasteiger partial charge is 0.410 e. The van der Waals surface area contributed by atoms with Gasteiger partial charge in [-0.15, -0.1) is 0 Å². The SMILES string of the molecule is CS(=O)(=O)OC1CC2(C1)CN(C(=O)OCc1ccccc1)C2. The Morgan fingerprint density at radius 1 is 1.27 bits per heavy atom. The number of benzene rings is 1. The number of ether oxygens (including phenoxy) is 1. The van der Waals surface area contributed by atoms with Crippen molar-refractivity contribution in [1.29, 1.82) is 0 Å². The Bertz CT molecular complexity index is 644. The van der Waals surface area contributed by atoms with Crippen LogP contribution in [-0.2, 0) is 25.6 Å². The van der Waals surface area contributed by atoms with Crippen molar-refractivity contribution in [3.8, 4) is 0 Å². The van der Waals surface area contributed by atoms with Gasteiger partial charge in [-0.2, -0.15) is 8.42 Å². The van der Waals surface area contributed by atoms with Crippen LogP contribution in [0.3, 0.4) is 0 Å². The number of nitrogens with zero attached hydrogens (tertiary/aromatic N) is 1. The van der Waals surface area contributed by atoms with Gasteiger partial charge in [0.05, 0.1) is 12.4 Å². The first kappa shape index (κ1) is 15.3. The van der Waals surface area contributed by atoms with E-state index < -0.39 is 10.1 Å². The van der Waals surface area contributed by atoms with Crippen molar-refractivity contribution in [2.24, 2.45) is 5.41 Å². The summed E-state index contributed by atoms with van der Waals surface area (Å²) < 4.78 is 32.3. The van der Waals surface area contributed by atoms with E-state index >= 15 is 0 Å². The average Bonchev–Trinajstić information content (AvgIpc) is 2.37. The lowest BCUT2D eigenvalue weighted by Gasteiger charge is -2.57. The molecule has 7 heteroatoms. The van der Waals surface area contributed by atoms with Crippen LogP contribution in [-0.4, -0.2) is 44.9 Å². The minimum atomic E-state index is -3.39. The van der Waals surface area contributed by atoms with Crippen LogP contribution in [0.25, 0.3) is 0 Å². The molecule has 22 heavy (non-hydrogen) atoms. The zero-order valence-corrected chi connectivity index (χ0v) is 13.2. The molecule has 1 saturated heterocycles. The van der Waals surface area contributed by atoms with Gasteiger partial charge in [-0.1, -0.05) is 30.3 Å². The lowest BCUT2D eigenvalue weighted by molar-refractivity contribution is -0.108. The summed E-state index contributed by atoms with van der Waals surface area (Å²) in [4.78, 5) is 13.6. The highest BCUT2D eigenvalue weighted by Gasteiger charge is 2.55. The van der Waals surface area contributed by atoms with Gasteiger partial charge in [0.2, 0.25) is 0 Å². The molecule has 2 fully saturated rings. The summed E-state index contributed by atoms with van der Waals surface area (Å²) in [7, 11) is -3.39. The van der Waals surface area contributed by atoms with Crippen molar-refractivity contribution in [1.82, 2.24) is 4.90 Å². The van der Waals surface area contributed by atoms with Crippen molar-refractivity contribution in [2.45, 2.75) is 25.6 Å². The van der Waals surface area contributed by atoms with Crippen molar-refractivity contribution < 1.29 is 22.1 Å². The highest BCUT2D eigenvalue weighted by atomic mass is 32.2. The van der Waals surface area contributed by atoms with E-state index in [4.69, 9.17) is 8.92 Å². The molecule has 1 saturated carbocycles. The Balaban J connectivity index is 1.40. The van der Waals surface area contributed by atoms with E-state index in [1.165, 1.54) is 0 Å². The molecule has 120 valence electrons. The number of carbonyl (C=O) groups is 1. The monoisotopic (exact) mass is 325 g/mol. The first-order valence-corrected chi connectivity index (χ1v) is 9.01. The first-order valence-electron chi connectivity index (χ1n) is 7.19. The molecule has 0 unspecified atom stereocenters. The Morgan fingerprint density at radius 2 is 1.91 bits per heavy atom. The third kappa shape index (κ3) is 3.41. The fourth-order valence-electron chi connectivity index (χ4n) is 3.18. The van der Waals surface area contributed by atoms with E-state index in [0.29, 0.717) is 25.9 Å². The number of hydrogen-bond acceptors (Lipinski definition) is 5. The minimum absolute atomic E-state index is 0.0289. The molecule has 0 aromatic heterocycles. The minimum Gasteiger partial charge on any atom is -0.445 e. The molecular formula is C15H19NO5S. The molecule has 3 rings (SSSR count). The lowest BCUT2D eigenvalue weighted by Crippen LogP contribution is -2.65. The van der Waals surface area contributed by atoms with Gasteiger partial charge in [0.1, 0.15) is 6.61 Å². The maximum Gasteiger partial charge on any atom is 0.410 e. The normalized spacial score (nSPS) is 20.3. The predicted molar refractivity (Wildman–Crippen MR) is 79.6 cm³/mol. The predicted octanol–water partition coefficient (Wildman–Crippen LogP) is 1.76. The van der Waals surface area contributed by atoms with Crippen LogP contribution >= 0.6 is 0 Å². The molecular weight excluding hydrogens is 306 g/mol. The summed E-state index contributed by atoms with van der Waals surface area (Å²) in [5, 5.41) is 0. The Hall–Kier alpha value is -1.60. The van der Waals surface area contributed by atoms with E-state index in [0.717, 1.165) is 11.8 Å². The zero-order valence-electron chi connectivity index (χ0n) is 12.4. The Morgan fingerprint density at radius 3 is 2.50 bits per heavy atom. The zero-order chi connectivity index (χ0) is 15.8. The van der Waals surface area contributed by atoms with Gasteiger partial charge in [-0.05, 0) is 18.4 Å². The van der Waals surface area contributed by atoms with Crippen LogP contribution in [0.5, 0.6) is 0 Å². The van der Waals surface area contributed by atoms with E-state index in [9.17, 15) is 13.2 Å². The van der Waals surface area contributed by atoms with Crippen LogP contribution < -0.4 is 0 Å². The number of carbonyl (C=O) groups excluding carboxylic acids is 1. The third-order valence-corrected chi connectivity index (χ3v) is 4.77. The summed E-state index contributed by atoms with van der Waals surface area (Å²) in [6.07, 6.45) is 1.87. The van der Waals surface area contributed by atoms with Crippen LogP contribution in [0, 0.1) is 5.41 Å². The molecule has 0 radical (unpaired) electrons. The number of amides is 1. The third-order valence-electron chi connectivity index (χ3n) is 4.15. The maximum absolute atomic E-state index is 11.9. The van der Waals surface area contributed by atoms with Crippen LogP contribution in [0.1, 0.15) is 18.4 Å². The summed E-state index contributed by atoms with van der Waals surface area (Å²) in [5.74, 6) is 0. The molecule has 1 spiro atoms. The van der Waals surface area contributed by atoms with E-state index in [-0.39, 0.29) is 24.2 Å². The second kappa shape index (κ2) is 5.55. The van der Waals surface area contributed by atoms with Gasteiger partial charge >= 0.3 is 6.09 Å². The molecule has 1 aromatic rings. The topological polar surface area (TPSA) is 72.9 Å². The molecule has 0 atom stereocenters. The summed E-state index contributed by atoms with van der Waals surface area (Å²) in [5.41, 5.74) is 0.984.